The van der Waals surface area contributed by atoms with Crippen LogP contribution in [0.25, 0.3) is 22.2 Å². The van der Waals surface area contributed by atoms with E-state index in [2.05, 4.69) is 25.3 Å². The van der Waals surface area contributed by atoms with Crippen molar-refractivity contribution in [3.05, 3.63) is 36.8 Å². The summed E-state index contributed by atoms with van der Waals surface area (Å²) >= 11 is 0. The molecule has 7 heteroatoms. The van der Waals surface area contributed by atoms with Crippen molar-refractivity contribution in [2.24, 2.45) is 6.98 Å². The first-order valence-corrected chi connectivity index (χ1v) is 8.73. The Balaban J connectivity index is 1.52. The lowest BCUT2D eigenvalue weighted by Crippen LogP contribution is -2.36. The number of amides is 1. The Morgan fingerprint density at radius 2 is 2.15 bits per heavy atom. The summed E-state index contributed by atoms with van der Waals surface area (Å²) in [6, 6.07) is 5.37. The molecular weight excluding hydrogens is 328 g/mol. The molecule has 0 radical (unpaired) electrons. The zero-order chi connectivity index (χ0) is 20.4. The van der Waals surface area contributed by atoms with E-state index in [9.17, 15) is 4.79 Å². The number of hydrogen-bond acceptors (Lipinski definition) is 5. The number of carbonyl (C=O) groups is 1. The molecule has 0 unspecified atom stereocenters. The number of nitrogens with one attached hydrogen (secondary N) is 1. The third kappa shape index (κ3) is 3.72. The molecule has 0 saturated carbocycles. The second-order valence-electron chi connectivity index (χ2n) is 6.52. The molecule has 1 aliphatic heterocycles. The number of fused-ring (bicyclic) bond motifs is 1. The van der Waals surface area contributed by atoms with E-state index in [1.54, 1.807) is 18.3 Å². The number of piperidine rings is 1. The van der Waals surface area contributed by atoms with Gasteiger partial charge in [0.1, 0.15) is 5.82 Å². The van der Waals surface area contributed by atoms with E-state index in [0.717, 1.165) is 36.0 Å². The molecule has 0 bridgehead atoms. The summed E-state index contributed by atoms with van der Waals surface area (Å²) in [7, 11) is 0. The van der Waals surface area contributed by atoms with Crippen molar-refractivity contribution in [2.75, 3.05) is 25.0 Å². The van der Waals surface area contributed by atoms with Crippen molar-refractivity contribution in [1.82, 2.24) is 24.6 Å². The molecule has 1 aliphatic rings. The minimum Gasteiger partial charge on any atom is -0.310 e. The van der Waals surface area contributed by atoms with Crippen LogP contribution in [0, 0.1) is 0 Å². The number of hydrogen-bond donors (Lipinski definition) is 1. The summed E-state index contributed by atoms with van der Waals surface area (Å²) in [6.07, 6.45) is 8.07. The Morgan fingerprint density at radius 3 is 2.96 bits per heavy atom. The third-order valence-electron chi connectivity index (χ3n) is 4.54. The molecule has 1 N–H and O–H groups in total. The fourth-order valence-electron chi connectivity index (χ4n) is 3.20. The fourth-order valence-corrected chi connectivity index (χ4v) is 3.20. The van der Waals surface area contributed by atoms with Crippen LogP contribution in [0.2, 0.25) is 0 Å². The van der Waals surface area contributed by atoms with Crippen LogP contribution in [0.4, 0.5) is 5.82 Å². The topological polar surface area (TPSA) is 75.9 Å². The predicted molar refractivity (Wildman–Crippen MR) is 101 cm³/mol. The molecule has 3 aromatic heterocycles. The normalized spacial score (nSPS) is 17.5. The largest absolute Gasteiger partial charge is 0.310 e. The maximum atomic E-state index is 12.3. The smallest absolute Gasteiger partial charge is 0.239 e. The summed E-state index contributed by atoms with van der Waals surface area (Å²) in [4.78, 5) is 23.4. The lowest BCUT2D eigenvalue weighted by molar-refractivity contribution is -0.117. The van der Waals surface area contributed by atoms with Crippen LogP contribution in [0.1, 0.15) is 23.4 Å². The van der Waals surface area contributed by atoms with Crippen molar-refractivity contribution in [3.63, 3.8) is 0 Å². The van der Waals surface area contributed by atoms with E-state index >= 15 is 0 Å². The van der Waals surface area contributed by atoms with Gasteiger partial charge in [0.2, 0.25) is 5.91 Å². The lowest BCUT2D eigenvalue weighted by atomic mass is 10.1. The molecule has 134 valence electrons. The highest BCUT2D eigenvalue weighted by Gasteiger charge is 2.14. The van der Waals surface area contributed by atoms with Crippen LogP contribution >= 0.6 is 0 Å². The summed E-state index contributed by atoms with van der Waals surface area (Å²) in [6.45, 7) is -0.0624. The van der Waals surface area contributed by atoms with Crippen LogP contribution < -0.4 is 5.32 Å². The van der Waals surface area contributed by atoms with Gasteiger partial charge < -0.3 is 5.32 Å². The Labute approximate surface area is 156 Å². The zero-order valence-electron chi connectivity index (χ0n) is 17.4. The SMILES string of the molecule is [2H]C([2H])([2H])n1cc(-c2ccc3cnc(NC(=O)CN4CCCCC4)cc3n2)cn1. The van der Waals surface area contributed by atoms with E-state index in [0.29, 0.717) is 29.1 Å². The van der Waals surface area contributed by atoms with Gasteiger partial charge >= 0.3 is 0 Å². The fraction of sp³-hybridized carbons (Fsp3) is 0.368. The zero-order valence-corrected chi connectivity index (χ0v) is 14.4. The molecule has 0 aromatic carbocycles. The van der Waals surface area contributed by atoms with Crippen molar-refractivity contribution in [3.8, 4) is 11.3 Å². The van der Waals surface area contributed by atoms with Gasteiger partial charge in [-0.05, 0) is 38.1 Å². The van der Waals surface area contributed by atoms with Crippen LogP contribution in [0.3, 0.4) is 0 Å². The Bertz CT molecular complexity index is 1030. The standard InChI is InChI=1S/C19H22N6O/c1-24-12-15(11-21-24)16-6-5-14-10-20-18(9-17(14)22-16)23-19(26)13-25-7-3-2-4-8-25/h5-6,9-12H,2-4,7-8,13H2,1H3,(H,20,23,26)/i1D3. The summed E-state index contributed by atoms with van der Waals surface area (Å²) < 4.78 is 23.2. The van der Waals surface area contributed by atoms with Gasteiger partial charge in [-0.2, -0.15) is 5.10 Å². The summed E-state index contributed by atoms with van der Waals surface area (Å²) in [5, 5.41) is 7.56. The minimum atomic E-state index is -2.33. The minimum absolute atomic E-state index is 0.0890. The van der Waals surface area contributed by atoms with Crippen molar-refractivity contribution >= 4 is 22.6 Å². The first-order valence-electron chi connectivity index (χ1n) is 10.2. The van der Waals surface area contributed by atoms with Gasteiger partial charge in [0.15, 0.2) is 0 Å². The Kier molecular flexibility index (Phi) is 3.72. The van der Waals surface area contributed by atoms with Gasteiger partial charge in [-0.15, -0.1) is 0 Å². The highest BCUT2D eigenvalue weighted by atomic mass is 16.2. The number of rotatable bonds is 4. The monoisotopic (exact) mass is 353 g/mol. The second kappa shape index (κ2) is 7.21. The maximum Gasteiger partial charge on any atom is 0.239 e. The van der Waals surface area contributed by atoms with Crippen LogP contribution in [0.5, 0.6) is 0 Å². The predicted octanol–water partition coefficient (Wildman–Crippen LogP) is 2.45. The van der Waals surface area contributed by atoms with E-state index in [1.165, 1.54) is 18.8 Å². The molecule has 0 spiro atoms. The second-order valence-corrected chi connectivity index (χ2v) is 6.52. The number of aromatic nitrogens is 4. The first kappa shape index (κ1) is 13.4. The Hall–Kier alpha value is -2.80. The molecule has 26 heavy (non-hydrogen) atoms. The Morgan fingerprint density at radius 1 is 1.27 bits per heavy atom. The van der Waals surface area contributed by atoms with E-state index in [-0.39, 0.29) is 5.91 Å². The number of carbonyl (C=O) groups excluding carboxylic acids is 1. The molecule has 3 aromatic rings. The number of pyridine rings is 2. The lowest BCUT2D eigenvalue weighted by Gasteiger charge is -2.25. The molecule has 1 saturated heterocycles. The quantitative estimate of drug-likeness (QED) is 0.780. The van der Waals surface area contributed by atoms with Crippen molar-refractivity contribution < 1.29 is 8.91 Å². The molecule has 1 fully saturated rings. The molecule has 1 amide bonds. The maximum absolute atomic E-state index is 12.3. The van der Waals surface area contributed by atoms with Gasteiger partial charge in [0.25, 0.3) is 0 Å². The highest BCUT2D eigenvalue weighted by Crippen LogP contribution is 2.21. The number of nitrogens with zero attached hydrogens (tertiary/aromatic N) is 5. The average molecular weight is 353 g/mol. The van der Waals surface area contributed by atoms with Crippen molar-refractivity contribution in [1.29, 1.82) is 0 Å². The van der Waals surface area contributed by atoms with Gasteiger partial charge in [0, 0.05) is 40.5 Å². The molecule has 4 heterocycles. The number of likely N-dealkylation sites (tertiary alicyclic amines) is 1. The van der Waals surface area contributed by atoms with Gasteiger partial charge in [0.05, 0.1) is 24.0 Å². The van der Waals surface area contributed by atoms with Gasteiger partial charge in [-0.3, -0.25) is 14.4 Å². The van der Waals surface area contributed by atoms with Gasteiger partial charge in [-0.25, -0.2) is 9.97 Å². The summed E-state index contributed by atoms with van der Waals surface area (Å²) in [5.74, 6) is 0.358. The molecule has 4 rings (SSSR count). The van der Waals surface area contributed by atoms with E-state index in [1.807, 2.05) is 6.07 Å². The number of anilines is 1. The third-order valence-corrected chi connectivity index (χ3v) is 4.54. The highest BCUT2D eigenvalue weighted by molar-refractivity contribution is 5.93. The number of aryl methyl sites for hydroxylation is 1. The first-order chi connectivity index (χ1) is 13.9. The van der Waals surface area contributed by atoms with Crippen LogP contribution in [-0.4, -0.2) is 50.2 Å². The average Bonchev–Trinajstić information content (AvgIpc) is 3.19. The summed E-state index contributed by atoms with van der Waals surface area (Å²) in [5.41, 5.74) is 1.87. The molecular formula is C19H22N6O. The van der Waals surface area contributed by atoms with E-state index in [4.69, 9.17) is 4.11 Å². The molecule has 0 atom stereocenters. The molecule has 7 nitrogen and oxygen atoms in total. The van der Waals surface area contributed by atoms with E-state index < -0.39 is 6.98 Å². The van der Waals surface area contributed by atoms with Crippen LogP contribution in [-0.2, 0) is 11.8 Å². The molecule has 0 aliphatic carbocycles. The van der Waals surface area contributed by atoms with Crippen molar-refractivity contribution in [2.45, 2.75) is 19.3 Å². The van der Waals surface area contributed by atoms with Gasteiger partial charge in [-0.1, -0.05) is 6.42 Å². The van der Waals surface area contributed by atoms with Crippen LogP contribution in [0.15, 0.2) is 36.8 Å².